The predicted molar refractivity (Wildman–Crippen MR) is 117 cm³/mol. The molecule has 2 aromatic carbocycles. The SMILES string of the molecule is COc1ccc(OC)c2sc(N3CCN(C(=O)Nc4ccc(Cl)cc4)CC3)nc12. The Morgan fingerprint density at radius 3 is 2.34 bits per heavy atom. The molecule has 4 rings (SSSR count). The Morgan fingerprint density at radius 2 is 1.69 bits per heavy atom. The summed E-state index contributed by atoms with van der Waals surface area (Å²) >= 11 is 7.47. The summed E-state index contributed by atoms with van der Waals surface area (Å²) in [5.41, 5.74) is 1.53. The summed E-state index contributed by atoms with van der Waals surface area (Å²) in [4.78, 5) is 21.3. The lowest BCUT2D eigenvalue weighted by molar-refractivity contribution is 0.208. The Labute approximate surface area is 177 Å². The van der Waals surface area contributed by atoms with Gasteiger partial charge in [-0.15, -0.1) is 0 Å². The van der Waals surface area contributed by atoms with Crippen LogP contribution in [0.3, 0.4) is 0 Å². The lowest BCUT2D eigenvalue weighted by Gasteiger charge is -2.34. The summed E-state index contributed by atoms with van der Waals surface area (Å²) in [5.74, 6) is 1.51. The third-order valence-corrected chi connectivity index (χ3v) is 6.21. The van der Waals surface area contributed by atoms with Crippen molar-refractivity contribution in [1.82, 2.24) is 9.88 Å². The van der Waals surface area contributed by atoms with Gasteiger partial charge in [0.15, 0.2) is 5.13 Å². The minimum atomic E-state index is -0.111. The highest BCUT2D eigenvalue weighted by atomic mass is 35.5. The molecule has 0 radical (unpaired) electrons. The fraction of sp³-hybridized carbons (Fsp3) is 0.300. The number of piperazine rings is 1. The molecule has 7 nitrogen and oxygen atoms in total. The zero-order valence-corrected chi connectivity index (χ0v) is 17.7. The number of aromatic nitrogens is 1. The first-order valence-electron chi connectivity index (χ1n) is 9.17. The second-order valence-corrected chi connectivity index (χ2v) is 7.97. The number of urea groups is 1. The summed E-state index contributed by atoms with van der Waals surface area (Å²) in [7, 11) is 3.29. The number of rotatable bonds is 4. The van der Waals surface area contributed by atoms with Crippen molar-refractivity contribution in [1.29, 1.82) is 0 Å². The summed E-state index contributed by atoms with van der Waals surface area (Å²) in [5, 5.41) is 4.45. The van der Waals surface area contributed by atoms with Crippen molar-refractivity contribution in [2.24, 2.45) is 0 Å². The van der Waals surface area contributed by atoms with Crippen molar-refractivity contribution in [3.05, 3.63) is 41.4 Å². The minimum Gasteiger partial charge on any atom is -0.495 e. The fourth-order valence-corrected chi connectivity index (χ4v) is 4.50. The highest BCUT2D eigenvalue weighted by Gasteiger charge is 2.24. The number of carbonyl (C=O) groups excluding carboxylic acids is 1. The van der Waals surface area contributed by atoms with Crippen LogP contribution in [0, 0.1) is 0 Å². The van der Waals surface area contributed by atoms with E-state index in [1.807, 2.05) is 12.1 Å². The maximum atomic E-state index is 12.5. The molecule has 29 heavy (non-hydrogen) atoms. The first-order chi connectivity index (χ1) is 14.1. The number of amides is 2. The number of fused-ring (bicyclic) bond motifs is 1. The number of thiazole rings is 1. The maximum absolute atomic E-state index is 12.5. The summed E-state index contributed by atoms with van der Waals surface area (Å²) in [6.45, 7) is 2.64. The Kier molecular flexibility index (Phi) is 5.64. The molecule has 0 unspecified atom stereocenters. The molecule has 1 aliphatic rings. The maximum Gasteiger partial charge on any atom is 0.321 e. The van der Waals surface area contributed by atoms with Gasteiger partial charge in [0.2, 0.25) is 0 Å². The molecule has 0 spiro atoms. The molecule has 2 amide bonds. The van der Waals surface area contributed by atoms with Crippen molar-refractivity contribution in [2.75, 3.05) is 50.6 Å². The van der Waals surface area contributed by atoms with Crippen LogP contribution in [0.2, 0.25) is 5.02 Å². The average molecular weight is 433 g/mol. The molecule has 152 valence electrons. The largest absolute Gasteiger partial charge is 0.495 e. The van der Waals surface area contributed by atoms with Gasteiger partial charge in [-0.25, -0.2) is 9.78 Å². The van der Waals surface area contributed by atoms with Crippen LogP contribution in [-0.2, 0) is 0 Å². The van der Waals surface area contributed by atoms with Gasteiger partial charge in [-0.1, -0.05) is 22.9 Å². The van der Waals surface area contributed by atoms with E-state index in [1.165, 1.54) is 0 Å². The quantitative estimate of drug-likeness (QED) is 0.665. The van der Waals surface area contributed by atoms with E-state index in [9.17, 15) is 4.79 Å². The van der Waals surface area contributed by atoms with E-state index in [0.29, 0.717) is 31.2 Å². The minimum absolute atomic E-state index is 0.111. The highest BCUT2D eigenvalue weighted by molar-refractivity contribution is 7.22. The molecule has 0 atom stereocenters. The second kappa shape index (κ2) is 8.34. The van der Waals surface area contributed by atoms with Gasteiger partial charge in [0, 0.05) is 36.9 Å². The Balaban J connectivity index is 1.44. The lowest BCUT2D eigenvalue weighted by Crippen LogP contribution is -2.50. The van der Waals surface area contributed by atoms with Crippen LogP contribution >= 0.6 is 22.9 Å². The van der Waals surface area contributed by atoms with E-state index in [2.05, 4.69) is 10.2 Å². The zero-order valence-electron chi connectivity index (χ0n) is 16.1. The van der Waals surface area contributed by atoms with E-state index >= 15 is 0 Å². The number of halogens is 1. The van der Waals surface area contributed by atoms with Gasteiger partial charge in [0.25, 0.3) is 0 Å². The zero-order chi connectivity index (χ0) is 20.4. The highest BCUT2D eigenvalue weighted by Crippen LogP contribution is 2.40. The normalized spacial score (nSPS) is 14.2. The Bertz CT molecular complexity index is 975. The van der Waals surface area contributed by atoms with Crippen LogP contribution in [0.5, 0.6) is 11.5 Å². The molecule has 3 aromatic rings. The van der Waals surface area contributed by atoms with Crippen LogP contribution in [0.15, 0.2) is 36.4 Å². The molecule has 1 fully saturated rings. The second-order valence-electron chi connectivity index (χ2n) is 6.56. The van der Waals surface area contributed by atoms with Crippen molar-refractivity contribution in [3.8, 4) is 11.5 Å². The van der Waals surface area contributed by atoms with Crippen LogP contribution in [-0.4, -0.2) is 56.3 Å². The van der Waals surface area contributed by atoms with E-state index < -0.39 is 0 Å². The molecule has 1 N–H and O–H groups in total. The van der Waals surface area contributed by atoms with Crippen molar-refractivity contribution >= 4 is 50.0 Å². The van der Waals surface area contributed by atoms with Crippen molar-refractivity contribution in [2.45, 2.75) is 0 Å². The first kappa shape index (κ1) is 19.6. The molecule has 1 aromatic heterocycles. The van der Waals surface area contributed by atoms with Gasteiger partial charge in [-0.05, 0) is 36.4 Å². The molecule has 1 saturated heterocycles. The monoisotopic (exact) mass is 432 g/mol. The molecule has 0 saturated carbocycles. The predicted octanol–water partition coefficient (Wildman–Crippen LogP) is 4.32. The third-order valence-electron chi connectivity index (χ3n) is 4.83. The number of hydrogen-bond acceptors (Lipinski definition) is 6. The van der Waals surface area contributed by atoms with Gasteiger partial charge in [0.05, 0.1) is 14.2 Å². The first-order valence-corrected chi connectivity index (χ1v) is 10.4. The van der Waals surface area contributed by atoms with Gasteiger partial charge in [0.1, 0.15) is 21.7 Å². The van der Waals surface area contributed by atoms with Crippen molar-refractivity contribution in [3.63, 3.8) is 0 Å². The number of carbonyl (C=O) groups is 1. The van der Waals surface area contributed by atoms with E-state index in [1.54, 1.807) is 54.7 Å². The van der Waals surface area contributed by atoms with Crippen molar-refractivity contribution < 1.29 is 14.3 Å². The summed E-state index contributed by atoms with van der Waals surface area (Å²) in [6, 6.07) is 10.7. The number of nitrogens with one attached hydrogen (secondary N) is 1. The topological polar surface area (TPSA) is 66.9 Å². The third kappa shape index (κ3) is 4.04. The number of methoxy groups -OCH3 is 2. The molecule has 2 heterocycles. The Hall–Kier alpha value is -2.71. The van der Waals surface area contributed by atoms with Gasteiger partial charge >= 0.3 is 6.03 Å². The summed E-state index contributed by atoms with van der Waals surface area (Å²) < 4.78 is 11.9. The van der Waals surface area contributed by atoms with E-state index in [-0.39, 0.29) is 6.03 Å². The number of hydrogen-bond donors (Lipinski definition) is 1. The summed E-state index contributed by atoms with van der Waals surface area (Å²) in [6.07, 6.45) is 0. The van der Waals surface area contributed by atoms with Crippen LogP contribution in [0.1, 0.15) is 0 Å². The number of benzene rings is 2. The van der Waals surface area contributed by atoms with E-state index in [4.69, 9.17) is 26.1 Å². The smallest absolute Gasteiger partial charge is 0.321 e. The van der Waals surface area contributed by atoms with Gasteiger partial charge in [-0.3, -0.25) is 0 Å². The lowest BCUT2D eigenvalue weighted by atomic mass is 10.3. The Morgan fingerprint density at radius 1 is 1.03 bits per heavy atom. The molecule has 0 bridgehead atoms. The number of ether oxygens (including phenoxy) is 2. The van der Waals surface area contributed by atoms with E-state index in [0.717, 1.165) is 32.5 Å². The van der Waals surface area contributed by atoms with Crippen LogP contribution in [0.4, 0.5) is 15.6 Å². The average Bonchev–Trinajstić information content (AvgIpc) is 3.20. The molecular weight excluding hydrogens is 412 g/mol. The molecule has 1 aliphatic heterocycles. The number of anilines is 2. The molecule has 0 aliphatic carbocycles. The van der Waals surface area contributed by atoms with Gasteiger partial charge < -0.3 is 24.6 Å². The molecule has 9 heteroatoms. The number of nitrogens with zero attached hydrogens (tertiary/aromatic N) is 3. The standard InChI is InChI=1S/C20H21ClN4O3S/c1-27-15-7-8-16(28-2)18-17(15)23-20(29-18)25-11-9-24(10-12-25)19(26)22-14-5-3-13(21)4-6-14/h3-8H,9-12H2,1-2H3,(H,22,26). The van der Waals surface area contributed by atoms with Crippen LogP contribution in [0.25, 0.3) is 10.2 Å². The fourth-order valence-electron chi connectivity index (χ4n) is 3.25. The van der Waals surface area contributed by atoms with Crippen LogP contribution < -0.4 is 19.7 Å². The molecular formula is C20H21ClN4O3S. The van der Waals surface area contributed by atoms with Gasteiger partial charge in [-0.2, -0.15) is 0 Å².